The number of benzene rings is 1. The predicted octanol–water partition coefficient (Wildman–Crippen LogP) is 1.23. The number of aliphatic hydroxyl groups excluding tert-OH is 1. The van der Waals surface area contributed by atoms with Gasteiger partial charge in [0.15, 0.2) is 0 Å². The molecule has 0 aromatic heterocycles. The molecule has 1 aliphatic rings. The van der Waals surface area contributed by atoms with Gasteiger partial charge in [-0.25, -0.2) is 0 Å². The van der Waals surface area contributed by atoms with Gasteiger partial charge < -0.3 is 9.84 Å². The minimum absolute atomic E-state index is 0.0949. The molecular weight excluding hydrogens is 190 g/mol. The van der Waals surface area contributed by atoms with Gasteiger partial charge in [0, 0.05) is 13.1 Å². The van der Waals surface area contributed by atoms with Crippen LogP contribution in [0.25, 0.3) is 0 Å². The quantitative estimate of drug-likeness (QED) is 0.791. The maximum atomic E-state index is 9.90. The minimum atomic E-state index is -0.487. The summed E-state index contributed by atoms with van der Waals surface area (Å²) >= 11 is 0. The van der Waals surface area contributed by atoms with Crippen molar-refractivity contribution in [3.05, 3.63) is 35.9 Å². The van der Waals surface area contributed by atoms with E-state index in [4.69, 9.17) is 4.74 Å². The maximum absolute atomic E-state index is 9.90. The molecule has 3 nitrogen and oxygen atoms in total. The van der Waals surface area contributed by atoms with Crippen LogP contribution in [0.4, 0.5) is 0 Å². The van der Waals surface area contributed by atoms with Gasteiger partial charge in [-0.1, -0.05) is 30.3 Å². The second-order valence-electron chi connectivity index (χ2n) is 3.95. The third-order valence-corrected chi connectivity index (χ3v) is 2.78. The molecule has 0 amide bonds. The molecule has 1 fully saturated rings. The van der Waals surface area contributed by atoms with E-state index in [2.05, 4.69) is 12.1 Å². The van der Waals surface area contributed by atoms with E-state index in [9.17, 15) is 5.11 Å². The number of rotatable bonds is 2. The van der Waals surface area contributed by atoms with Gasteiger partial charge in [0.25, 0.3) is 0 Å². The van der Waals surface area contributed by atoms with Crippen molar-refractivity contribution < 1.29 is 9.84 Å². The number of aliphatic hydroxyl groups is 1. The normalized spacial score (nSPS) is 27.9. The Morgan fingerprint density at radius 3 is 2.87 bits per heavy atom. The summed E-state index contributed by atoms with van der Waals surface area (Å²) in [5.41, 5.74) is 1.23. The first-order chi connectivity index (χ1) is 7.27. The first-order valence-electron chi connectivity index (χ1n) is 5.35. The van der Waals surface area contributed by atoms with Gasteiger partial charge in [-0.05, 0) is 12.5 Å². The number of hydrogen-bond acceptors (Lipinski definition) is 3. The first-order valence-corrected chi connectivity index (χ1v) is 5.35. The monoisotopic (exact) mass is 207 g/mol. The van der Waals surface area contributed by atoms with E-state index in [1.165, 1.54) is 5.56 Å². The van der Waals surface area contributed by atoms with Crippen molar-refractivity contribution in [1.82, 2.24) is 4.90 Å². The van der Waals surface area contributed by atoms with Crippen molar-refractivity contribution in [3.63, 3.8) is 0 Å². The van der Waals surface area contributed by atoms with E-state index < -0.39 is 6.23 Å². The molecule has 0 radical (unpaired) electrons. The van der Waals surface area contributed by atoms with E-state index >= 15 is 0 Å². The van der Waals surface area contributed by atoms with Gasteiger partial charge in [0.2, 0.25) is 0 Å². The highest BCUT2D eigenvalue weighted by molar-refractivity contribution is 5.14. The molecule has 1 saturated heterocycles. The summed E-state index contributed by atoms with van der Waals surface area (Å²) in [6.07, 6.45) is -0.582. The smallest absolute Gasteiger partial charge is 0.133 e. The molecule has 1 heterocycles. The molecule has 2 rings (SSSR count). The Morgan fingerprint density at radius 1 is 1.40 bits per heavy atom. The molecule has 2 atom stereocenters. The van der Waals surface area contributed by atoms with Gasteiger partial charge in [0.1, 0.15) is 6.23 Å². The van der Waals surface area contributed by atoms with Gasteiger partial charge in [-0.3, -0.25) is 4.90 Å². The number of ether oxygens (including phenoxy) is 1. The van der Waals surface area contributed by atoms with Crippen LogP contribution in [0.2, 0.25) is 0 Å². The molecule has 1 aliphatic heterocycles. The lowest BCUT2D eigenvalue weighted by molar-refractivity contribution is -0.152. The Kier molecular flexibility index (Phi) is 3.36. The number of morpholine rings is 1. The van der Waals surface area contributed by atoms with Crippen LogP contribution in [0.5, 0.6) is 0 Å². The molecule has 0 aliphatic carbocycles. The van der Waals surface area contributed by atoms with Crippen LogP contribution >= 0.6 is 0 Å². The lowest BCUT2D eigenvalue weighted by Crippen LogP contribution is -2.49. The zero-order valence-electron chi connectivity index (χ0n) is 8.97. The zero-order valence-corrected chi connectivity index (χ0v) is 8.97. The van der Waals surface area contributed by atoms with Crippen LogP contribution in [0, 0.1) is 0 Å². The Bertz CT molecular complexity index is 302. The van der Waals surface area contributed by atoms with Crippen molar-refractivity contribution in [3.8, 4) is 0 Å². The van der Waals surface area contributed by atoms with Crippen molar-refractivity contribution in [1.29, 1.82) is 0 Å². The van der Waals surface area contributed by atoms with Gasteiger partial charge in [-0.15, -0.1) is 0 Å². The summed E-state index contributed by atoms with van der Waals surface area (Å²) in [7, 11) is 0. The van der Waals surface area contributed by atoms with E-state index in [1.807, 2.05) is 30.0 Å². The zero-order chi connectivity index (χ0) is 10.7. The minimum Gasteiger partial charge on any atom is -0.376 e. The largest absolute Gasteiger partial charge is 0.376 e. The summed E-state index contributed by atoms with van der Waals surface area (Å²) in [5.74, 6) is 0. The van der Waals surface area contributed by atoms with Crippen LogP contribution in [0.3, 0.4) is 0 Å². The van der Waals surface area contributed by atoms with Crippen LogP contribution in [0.15, 0.2) is 30.3 Å². The number of hydrogen-bond donors (Lipinski definition) is 1. The molecule has 3 heteroatoms. The lowest BCUT2D eigenvalue weighted by Gasteiger charge is -2.36. The standard InChI is InChI=1S/C12H17NO2/c1-10-12(14)13(7-8-15-10)9-11-5-3-2-4-6-11/h2-6,10,12,14H,7-9H2,1H3. The highest BCUT2D eigenvalue weighted by atomic mass is 16.5. The summed E-state index contributed by atoms with van der Waals surface area (Å²) < 4.78 is 5.37. The third-order valence-electron chi connectivity index (χ3n) is 2.78. The van der Waals surface area contributed by atoms with Gasteiger partial charge in [-0.2, -0.15) is 0 Å². The molecular formula is C12H17NO2. The van der Waals surface area contributed by atoms with Crippen LogP contribution < -0.4 is 0 Å². The molecule has 1 aromatic carbocycles. The molecule has 15 heavy (non-hydrogen) atoms. The average molecular weight is 207 g/mol. The van der Waals surface area contributed by atoms with Crippen LogP contribution in [-0.4, -0.2) is 35.5 Å². The molecule has 1 aromatic rings. The fraction of sp³-hybridized carbons (Fsp3) is 0.500. The second-order valence-corrected chi connectivity index (χ2v) is 3.95. The highest BCUT2D eigenvalue weighted by Crippen LogP contribution is 2.14. The molecule has 0 bridgehead atoms. The Hall–Kier alpha value is -0.900. The maximum Gasteiger partial charge on any atom is 0.133 e. The van der Waals surface area contributed by atoms with Crippen molar-refractivity contribution in [2.24, 2.45) is 0 Å². The topological polar surface area (TPSA) is 32.7 Å². The summed E-state index contributed by atoms with van der Waals surface area (Å²) in [5, 5.41) is 9.90. The molecule has 1 N–H and O–H groups in total. The Morgan fingerprint density at radius 2 is 2.13 bits per heavy atom. The fourth-order valence-corrected chi connectivity index (χ4v) is 1.86. The Balaban J connectivity index is 1.99. The fourth-order valence-electron chi connectivity index (χ4n) is 1.86. The van der Waals surface area contributed by atoms with E-state index in [-0.39, 0.29) is 6.10 Å². The van der Waals surface area contributed by atoms with Crippen LogP contribution in [0.1, 0.15) is 12.5 Å². The van der Waals surface area contributed by atoms with E-state index in [1.54, 1.807) is 0 Å². The third kappa shape index (κ3) is 2.56. The predicted molar refractivity (Wildman–Crippen MR) is 58.3 cm³/mol. The SMILES string of the molecule is CC1OCCN(Cc2ccccc2)C1O. The molecule has 2 unspecified atom stereocenters. The molecule has 82 valence electrons. The van der Waals surface area contributed by atoms with Crippen molar-refractivity contribution in [2.75, 3.05) is 13.2 Å². The first kappa shape index (κ1) is 10.6. The summed E-state index contributed by atoms with van der Waals surface area (Å²) in [6, 6.07) is 10.2. The molecule has 0 saturated carbocycles. The second kappa shape index (κ2) is 4.75. The van der Waals surface area contributed by atoms with Gasteiger partial charge in [0.05, 0.1) is 12.7 Å². The van der Waals surface area contributed by atoms with E-state index in [0.717, 1.165) is 13.1 Å². The van der Waals surface area contributed by atoms with E-state index in [0.29, 0.717) is 6.61 Å². The van der Waals surface area contributed by atoms with Crippen molar-refractivity contribution in [2.45, 2.75) is 25.8 Å². The summed E-state index contributed by atoms with van der Waals surface area (Å²) in [4.78, 5) is 2.05. The highest BCUT2D eigenvalue weighted by Gasteiger charge is 2.26. The average Bonchev–Trinajstić information content (AvgIpc) is 2.26. The Labute approximate surface area is 90.3 Å². The lowest BCUT2D eigenvalue weighted by atomic mass is 10.2. The van der Waals surface area contributed by atoms with Gasteiger partial charge >= 0.3 is 0 Å². The number of nitrogens with zero attached hydrogens (tertiary/aromatic N) is 1. The van der Waals surface area contributed by atoms with Crippen molar-refractivity contribution >= 4 is 0 Å². The molecule has 0 spiro atoms. The summed E-state index contributed by atoms with van der Waals surface area (Å²) in [6.45, 7) is 4.18. The van der Waals surface area contributed by atoms with Crippen LogP contribution in [-0.2, 0) is 11.3 Å².